The number of amides is 3. The first kappa shape index (κ1) is 20.2. The van der Waals surface area contributed by atoms with Gasteiger partial charge in [-0.2, -0.15) is 0 Å². The van der Waals surface area contributed by atoms with Crippen LogP contribution in [0, 0.1) is 0 Å². The van der Waals surface area contributed by atoms with E-state index in [2.05, 4.69) is 20.9 Å². The number of nitrogens with zero attached hydrogens (tertiary/aromatic N) is 1. The number of rotatable bonds is 5. The minimum absolute atomic E-state index is 0. The Bertz CT molecular complexity index is 556. The molecule has 1 aromatic carbocycles. The van der Waals surface area contributed by atoms with Crippen LogP contribution in [0.3, 0.4) is 0 Å². The molecule has 0 spiro atoms. The van der Waals surface area contributed by atoms with Gasteiger partial charge in [-0.1, -0.05) is 18.2 Å². The normalized spacial score (nSPS) is 17.5. The molecular formula is C16H25ClN4O3. The largest absolute Gasteiger partial charge is 0.496 e. The van der Waals surface area contributed by atoms with Gasteiger partial charge in [0.15, 0.2) is 0 Å². The predicted octanol–water partition coefficient (Wildman–Crippen LogP) is 0.909. The summed E-state index contributed by atoms with van der Waals surface area (Å²) in [6.07, 6.45) is 0.277. The van der Waals surface area contributed by atoms with Gasteiger partial charge < -0.3 is 15.4 Å². The summed E-state index contributed by atoms with van der Waals surface area (Å²) in [5.41, 5.74) is 1.11. The van der Waals surface area contributed by atoms with E-state index in [0.717, 1.165) is 30.9 Å². The number of hydrogen-bond donors (Lipinski definition) is 3. The summed E-state index contributed by atoms with van der Waals surface area (Å²) >= 11 is 0. The molecule has 0 radical (unpaired) electrons. The molecule has 2 rings (SSSR count). The molecule has 1 aliphatic heterocycles. The van der Waals surface area contributed by atoms with Crippen molar-refractivity contribution < 1.29 is 14.3 Å². The molecule has 0 bridgehead atoms. The van der Waals surface area contributed by atoms with Crippen LogP contribution >= 0.6 is 12.4 Å². The number of carbonyl (C=O) groups excluding carboxylic acids is 2. The summed E-state index contributed by atoms with van der Waals surface area (Å²) < 4.78 is 5.45. The number of halogens is 1. The van der Waals surface area contributed by atoms with Crippen LogP contribution in [0.1, 0.15) is 18.0 Å². The Hall–Kier alpha value is -1.83. The van der Waals surface area contributed by atoms with Gasteiger partial charge in [0.05, 0.1) is 13.2 Å². The summed E-state index contributed by atoms with van der Waals surface area (Å²) in [4.78, 5) is 25.2. The minimum Gasteiger partial charge on any atom is -0.496 e. The Kier molecular flexibility index (Phi) is 8.53. The molecule has 0 aromatic heterocycles. The highest BCUT2D eigenvalue weighted by Gasteiger charge is 2.26. The number of imide groups is 1. The second-order valence-electron chi connectivity index (χ2n) is 5.38. The van der Waals surface area contributed by atoms with E-state index in [1.54, 1.807) is 7.11 Å². The van der Waals surface area contributed by atoms with Crippen molar-refractivity contribution in [3.05, 3.63) is 29.8 Å². The fourth-order valence-electron chi connectivity index (χ4n) is 2.76. The number of benzene rings is 1. The van der Waals surface area contributed by atoms with Crippen molar-refractivity contribution in [2.45, 2.75) is 12.5 Å². The Balaban J connectivity index is 0.00000288. The van der Waals surface area contributed by atoms with Crippen molar-refractivity contribution in [2.24, 2.45) is 0 Å². The van der Waals surface area contributed by atoms with Crippen LogP contribution in [0.5, 0.6) is 5.75 Å². The Morgan fingerprint density at radius 1 is 1.38 bits per heavy atom. The molecule has 1 unspecified atom stereocenters. The first-order valence-electron chi connectivity index (χ1n) is 7.75. The van der Waals surface area contributed by atoms with Crippen LogP contribution in [0.15, 0.2) is 24.3 Å². The lowest BCUT2D eigenvalue weighted by molar-refractivity contribution is -0.120. The van der Waals surface area contributed by atoms with Gasteiger partial charge in [-0.3, -0.25) is 15.0 Å². The Labute approximate surface area is 148 Å². The van der Waals surface area contributed by atoms with Crippen LogP contribution < -0.4 is 20.7 Å². The lowest BCUT2D eigenvalue weighted by Crippen LogP contribution is -2.47. The van der Waals surface area contributed by atoms with Crippen molar-refractivity contribution in [1.29, 1.82) is 0 Å². The average Bonchev–Trinajstić information content (AvgIpc) is 2.60. The Morgan fingerprint density at radius 3 is 2.83 bits per heavy atom. The van der Waals surface area contributed by atoms with Gasteiger partial charge in [0, 0.05) is 45.2 Å². The van der Waals surface area contributed by atoms with Crippen LogP contribution in [0.4, 0.5) is 4.79 Å². The van der Waals surface area contributed by atoms with E-state index < -0.39 is 6.03 Å². The van der Waals surface area contributed by atoms with E-state index in [9.17, 15) is 9.59 Å². The molecule has 0 saturated carbocycles. The number of nitrogens with one attached hydrogen (secondary N) is 3. The zero-order valence-electron chi connectivity index (χ0n) is 14.0. The number of hydrogen-bond acceptors (Lipinski definition) is 5. The van der Waals surface area contributed by atoms with E-state index in [1.807, 2.05) is 24.3 Å². The molecule has 1 aromatic rings. The third kappa shape index (κ3) is 5.36. The van der Waals surface area contributed by atoms with Gasteiger partial charge in [-0.05, 0) is 6.07 Å². The highest BCUT2D eigenvalue weighted by molar-refractivity contribution is 5.94. The monoisotopic (exact) mass is 356 g/mol. The van der Waals surface area contributed by atoms with Gasteiger partial charge in [-0.15, -0.1) is 12.4 Å². The van der Waals surface area contributed by atoms with E-state index >= 15 is 0 Å². The molecule has 1 fully saturated rings. The van der Waals surface area contributed by atoms with Crippen molar-refractivity contribution in [3.8, 4) is 5.75 Å². The topological polar surface area (TPSA) is 82.7 Å². The lowest BCUT2D eigenvalue weighted by Gasteiger charge is -2.36. The molecule has 1 saturated heterocycles. The molecular weight excluding hydrogens is 332 g/mol. The molecule has 0 aliphatic carbocycles. The average molecular weight is 357 g/mol. The molecule has 1 aliphatic rings. The first-order chi connectivity index (χ1) is 11.2. The first-order valence-corrected chi connectivity index (χ1v) is 7.75. The molecule has 3 N–H and O–H groups in total. The number of piperazine rings is 1. The lowest BCUT2D eigenvalue weighted by atomic mass is 10.0. The maximum absolute atomic E-state index is 11.8. The third-order valence-corrected chi connectivity index (χ3v) is 3.96. The molecule has 24 heavy (non-hydrogen) atoms. The Morgan fingerprint density at radius 2 is 2.12 bits per heavy atom. The number of ether oxygens (including phenoxy) is 1. The van der Waals surface area contributed by atoms with Crippen molar-refractivity contribution in [2.75, 3.05) is 40.3 Å². The smallest absolute Gasteiger partial charge is 0.321 e. The van der Waals surface area contributed by atoms with Crippen molar-refractivity contribution in [3.63, 3.8) is 0 Å². The summed E-state index contributed by atoms with van der Waals surface area (Å²) in [5.74, 6) is 0.572. The molecule has 1 heterocycles. The second kappa shape index (κ2) is 10.1. The third-order valence-electron chi connectivity index (χ3n) is 3.96. The zero-order valence-corrected chi connectivity index (χ0v) is 14.8. The van der Waals surface area contributed by atoms with E-state index in [4.69, 9.17) is 4.74 Å². The molecule has 7 nitrogen and oxygen atoms in total. The summed E-state index contributed by atoms with van der Waals surface area (Å²) in [6, 6.07) is 7.60. The maximum Gasteiger partial charge on any atom is 0.321 e. The predicted molar refractivity (Wildman–Crippen MR) is 94.6 cm³/mol. The van der Waals surface area contributed by atoms with Crippen LogP contribution in [0.2, 0.25) is 0 Å². The standard InChI is InChI=1S/C16H24N4O3.ClH/c1-17-16(22)19-15(21)7-9-20-10-8-18-11-13(20)12-5-3-4-6-14(12)23-2;/h3-6,13,18H,7-11H2,1-2H3,(H2,17,19,21,22);1H. The number of carbonyl (C=O) groups is 2. The minimum atomic E-state index is -0.475. The van der Waals surface area contributed by atoms with Gasteiger partial charge >= 0.3 is 6.03 Å². The van der Waals surface area contributed by atoms with Crippen molar-refractivity contribution >= 4 is 24.3 Å². The van der Waals surface area contributed by atoms with Crippen LogP contribution in [0.25, 0.3) is 0 Å². The fraction of sp³-hybridized carbons (Fsp3) is 0.500. The molecule has 8 heteroatoms. The SMILES string of the molecule is CNC(=O)NC(=O)CCN1CCNCC1c1ccccc1OC.Cl. The summed E-state index contributed by atoms with van der Waals surface area (Å²) in [6.45, 7) is 3.11. The van der Waals surface area contributed by atoms with Gasteiger partial charge in [-0.25, -0.2) is 4.79 Å². The van der Waals surface area contributed by atoms with Gasteiger partial charge in [0.1, 0.15) is 5.75 Å². The van der Waals surface area contributed by atoms with E-state index in [-0.39, 0.29) is 30.8 Å². The van der Waals surface area contributed by atoms with E-state index in [1.165, 1.54) is 7.05 Å². The summed E-state index contributed by atoms with van der Waals surface area (Å²) in [5, 5.41) is 8.04. The van der Waals surface area contributed by atoms with Gasteiger partial charge in [0.25, 0.3) is 0 Å². The van der Waals surface area contributed by atoms with Crippen molar-refractivity contribution in [1.82, 2.24) is 20.9 Å². The highest BCUT2D eigenvalue weighted by atomic mass is 35.5. The second-order valence-corrected chi connectivity index (χ2v) is 5.38. The summed E-state index contributed by atoms with van der Waals surface area (Å²) in [7, 11) is 3.15. The zero-order chi connectivity index (χ0) is 16.7. The van der Waals surface area contributed by atoms with Crippen LogP contribution in [-0.4, -0.2) is 57.2 Å². The quantitative estimate of drug-likeness (QED) is 0.730. The van der Waals surface area contributed by atoms with E-state index in [0.29, 0.717) is 6.54 Å². The molecule has 1 atom stereocenters. The number of methoxy groups -OCH3 is 1. The molecule has 134 valence electrons. The highest BCUT2D eigenvalue weighted by Crippen LogP contribution is 2.30. The molecule has 3 amide bonds. The maximum atomic E-state index is 11.8. The number of urea groups is 1. The fourth-order valence-corrected chi connectivity index (χ4v) is 2.76. The number of para-hydroxylation sites is 1. The van der Waals surface area contributed by atoms with Gasteiger partial charge in [0.2, 0.25) is 5.91 Å². The van der Waals surface area contributed by atoms with Crippen LogP contribution in [-0.2, 0) is 4.79 Å².